The predicted octanol–water partition coefficient (Wildman–Crippen LogP) is 8.55. The van der Waals surface area contributed by atoms with Gasteiger partial charge in [-0.05, 0) is 93.1 Å². The van der Waals surface area contributed by atoms with E-state index in [9.17, 15) is 19.5 Å². The number of aromatic carboxylic acids is 1. The number of hydrogen-bond donors (Lipinski definition) is 5. The molecule has 42 nitrogen and oxygen atoms in total. The third-order valence-electron chi connectivity index (χ3n) is 20.2. The molecule has 12 aromatic heterocycles. The standard InChI is InChI=1S/C29H30N8O6.C25H22N6O6.C24H22N8O5.C4H10N2O.ClH.4H2/c38-28(33-36-10-13-39-14-11-36)19-8-9-20(30-16-19)17-42-29-23-6-2-1-5-22(23)26-31-32-27(37(26)34-29)24-15-21(43-35-24)18-41-25-7-3-4-12-40-25;32-25(33)15-8-9-16(26-12-15)13-36-24-19-6-2-1-5-18(19)22-27-28-23(31(22)29-24)20-11-17(37-30-20)14-35-21-7-3-4-10-34-21;33-13-17-11-20(30-37-17)22-27-26-21-18-3-1-2-4-19(18)24(29-32(21)22)36-14-16-6-5-15(12-25-16)23(34)28-31-7-9-35-10-8-31;5-6-1-3-7-4-2-6;;;;;/h1-2,5-6,8-9,15-16,25H,3-4,7,10-14,17-18H2,(H,33,38);1-2,5-6,8-9,11-12,21H,3-4,7,10,13-14H2,(H,32,33);1-6,11-12,33H,7-10,13-14H2,(H,28,34);1-5H2;5*1H/i;;;;;3*1+1D;1+1. The second-order valence-corrected chi connectivity index (χ2v) is 28.8. The number of aliphatic hydroxyl groups is 1. The van der Waals surface area contributed by atoms with Crippen molar-refractivity contribution in [3.8, 4) is 52.2 Å². The van der Waals surface area contributed by atoms with Gasteiger partial charge in [-0.1, -0.05) is 70.1 Å². The molecule has 2 atom stereocenters. The lowest BCUT2D eigenvalue weighted by Crippen LogP contribution is -2.48. The second kappa shape index (κ2) is 40.9. The van der Waals surface area contributed by atoms with Gasteiger partial charge >= 0.3 is 5.97 Å². The number of hydrogen-bond acceptors (Lipinski definition) is 36. The van der Waals surface area contributed by atoms with Gasteiger partial charge in [0.25, 0.3) is 11.8 Å². The highest BCUT2D eigenvalue weighted by Gasteiger charge is 2.27. The lowest BCUT2D eigenvalue weighted by atomic mass is 10.2. The van der Waals surface area contributed by atoms with Crippen LogP contribution in [0.2, 0.25) is 0 Å². The number of benzene rings is 3. The van der Waals surface area contributed by atoms with Crippen LogP contribution in [-0.4, -0.2) is 238 Å². The number of carbonyl (C=O) groups is 3. The number of nitrogens with two attached hydrogens (primary N) is 1. The number of hydrazine groups is 3. The first-order valence-corrected chi connectivity index (χ1v) is 40.1. The Morgan fingerprint density at radius 3 is 1.11 bits per heavy atom. The molecule has 2 amide bonds. The second-order valence-electron chi connectivity index (χ2n) is 28.8. The fourth-order valence-electron chi connectivity index (χ4n) is 13.7. The number of aliphatic hydroxyl groups excluding tert-OH is 1. The van der Waals surface area contributed by atoms with Gasteiger partial charge < -0.3 is 71.2 Å². The van der Waals surface area contributed by atoms with Crippen molar-refractivity contribution < 1.29 is 95.9 Å². The van der Waals surface area contributed by atoms with Crippen molar-refractivity contribution >= 4 is 79.4 Å². The number of nitrogens with zero attached hydrogens (tertiary/aromatic N) is 21. The highest BCUT2D eigenvalue weighted by Crippen LogP contribution is 2.34. The number of fused-ring (bicyclic) bond motifs is 9. The fraction of sp³-hybridized carbons (Fsp3) is 0.341. The topological polar surface area (TPSA) is 490 Å². The molecule has 0 saturated carbocycles. The van der Waals surface area contributed by atoms with E-state index in [2.05, 4.69) is 82.1 Å². The molecule has 656 valence electrons. The summed E-state index contributed by atoms with van der Waals surface area (Å²) in [6, 6.07) is 37.9. The molecule has 0 radical (unpaired) electrons. The summed E-state index contributed by atoms with van der Waals surface area (Å²) in [7, 11) is 0. The summed E-state index contributed by atoms with van der Waals surface area (Å²) < 4.78 is 107. The van der Waals surface area contributed by atoms with Crippen LogP contribution in [0, 0.1) is 0 Å². The molecule has 0 bridgehead atoms. The van der Waals surface area contributed by atoms with E-state index in [-0.39, 0.29) is 83.4 Å². The zero-order chi connectivity index (χ0) is 90.5. The number of morpholine rings is 3. The van der Waals surface area contributed by atoms with E-state index in [0.29, 0.717) is 180 Å². The van der Waals surface area contributed by atoms with Crippen LogP contribution in [0.4, 0.5) is 0 Å². The molecule has 17 heterocycles. The summed E-state index contributed by atoms with van der Waals surface area (Å²) >= 11 is 0. The number of pyridine rings is 3. The molecule has 5 aliphatic rings. The molecule has 0 aliphatic carbocycles. The van der Waals surface area contributed by atoms with Gasteiger partial charge in [-0.3, -0.25) is 41.2 Å². The third-order valence-corrected chi connectivity index (χ3v) is 20.2. The summed E-state index contributed by atoms with van der Waals surface area (Å²) in [4.78, 5) is 49.1. The van der Waals surface area contributed by atoms with Gasteiger partial charge in [-0.2, -0.15) is 13.5 Å². The SMILES string of the molecule is Cl.NN1CCOCC1.O=C(NN1CCOCC1)c1ccc(COc2nn3c(-c4cc(CO)on4)nnc3c3ccccc23)nc1.O=C(NN1CCOCC1)c1ccc(COc2nn3c(-c4cc(COC5CCCCO5)on4)nnc3c3ccccc23)nc1.O=C(O)c1ccc(COc2nn3c(-c4cc(COC5CCCCO5)on4)nnc3c3ccccc23)nc1.[2HH].[2H][2H].[2H][2H].[2H][2H]. The highest BCUT2D eigenvalue weighted by molar-refractivity contribution is 5.99. The summed E-state index contributed by atoms with van der Waals surface area (Å²) in [6.07, 6.45) is 9.85. The zero-order valence-corrected chi connectivity index (χ0v) is 68.0. The number of carbonyl (C=O) groups excluding carboxylic acids is 2. The van der Waals surface area contributed by atoms with E-state index < -0.39 is 5.97 Å². The predicted molar refractivity (Wildman–Crippen MR) is 449 cm³/mol. The van der Waals surface area contributed by atoms with E-state index in [1.807, 2.05) is 82.8 Å². The lowest BCUT2D eigenvalue weighted by molar-refractivity contribution is -0.171. The Morgan fingerprint density at radius 2 is 0.792 bits per heavy atom. The van der Waals surface area contributed by atoms with Crippen molar-refractivity contribution in [1.29, 1.82) is 0 Å². The Kier molecular flexibility index (Phi) is 26.6. The number of amides is 2. The normalized spacial score (nSPS) is 16.7. The third kappa shape index (κ3) is 20.8. The summed E-state index contributed by atoms with van der Waals surface area (Å²) in [5, 5.41) is 80.6. The maximum absolute atomic E-state index is 12.6. The molecule has 5 aliphatic heterocycles. The van der Waals surface area contributed by atoms with Gasteiger partial charge in [0.1, 0.15) is 39.6 Å². The van der Waals surface area contributed by atoms with Crippen molar-refractivity contribution in [2.45, 2.75) is 90.7 Å². The first-order chi connectivity index (χ1) is 63.9. The molecular formula is C82H93ClN24O18. The minimum Gasteiger partial charge on any atom is -0.478 e. The number of carboxylic acids is 1. The quantitative estimate of drug-likeness (QED) is 0.0353. The van der Waals surface area contributed by atoms with E-state index >= 15 is 0 Å². The number of aromatic nitrogens is 18. The van der Waals surface area contributed by atoms with Gasteiger partial charge in [-0.15, -0.1) is 58.3 Å². The Bertz CT molecular complexity index is 6190. The van der Waals surface area contributed by atoms with E-state index in [1.54, 1.807) is 62.6 Å². The Hall–Kier alpha value is -13.2. The molecule has 2 unspecified atom stereocenters. The maximum Gasteiger partial charge on any atom is 0.337 e. The number of carboxylic acid groups (broad SMARTS) is 1. The Balaban J connectivity index is 0.000000167. The van der Waals surface area contributed by atoms with Gasteiger partial charge in [-0.25, -0.2) is 19.8 Å². The van der Waals surface area contributed by atoms with E-state index in [1.165, 1.54) is 29.2 Å². The molecule has 6 N–H and O–H groups in total. The number of halogens is 1. The molecule has 3 aromatic carbocycles. The molecule has 5 fully saturated rings. The number of nitrogens with one attached hydrogen (secondary N) is 2. The molecule has 43 heteroatoms. The molecule has 15 aromatic rings. The Morgan fingerprint density at radius 1 is 0.440 bits per heavy atom. The molecular weight excluding hydrogens is 1640 g/mol. The largest absolute Gasteiger partial charge is 0.478 e. The minimum absolute atomic E-state index is 0. The van der Waals surface area contributed by atoms with Crippen molar-refractivity contribution in [2.75, 3.05) is 92.1 Å². The van der Waals surface area contributed by atoms with Crippen LogP contribution in [0.25, 0.3) is 83.8 Å². The molecule has 0 spiro atoms. The molecule has 20 rings (SSSR count). The van der Waals surface area contributed by atoms with Gasteiger partial charge in [0.2, 0.25) is 35.1 Å². The van der Waals surface area contributed by atoms with Crippen LogP contribution in [0.15, 0.2) is 160 Å². The highest BCUT2D eigenvalue weighted by atomic mass is 35.5. The summed E-state index contributed by atoms with van der Waals surface area (Å²) in [5.41, 5.74) is 11.5. The average molecular weight is 1750 g/mol. The van der Waals surface area contributed by atoms with Crippen molar-refractivity contribution in [3.63, 3.8) is 0 Å². The van der Waals surface area contributed by atoms with Crippen molar-refractivity contribution in [1.82, 2.24) is 116 Å². The summed E-state index contributed by atoms with van der Waals surface area (Å²) in [5.74, 6) is 7.51. The van der Waals surface area contributed by atoms with Crippen LogP contribution in [-0.2, 0) is 72.8 Å². The van der Waals surface area contributed by atoms with E-state index in [0.717, 1.165) is 97.1 Å². The minimum atomic E-state index is -1.04. The number of ether oxygens (including phenoxy) is 10. The summed E-state index contributed by atoms with van der Waals surface area (Å²) in [6.45, 7) is 10.2. The monoisotopic (exact) mass is 1740 g/mol. The lowest BCUT2D eigenvalue weighted by Gasteiger charge is -2.26. The molecule has 125 heavy (non-hydrogen) atoms. The van der Waals surface area contributed by atoms with Crippen LogP contribution in [0.5, 0.6) is 17.6 Å². The Labute approximate surface area is 726 Å². The smallest absolute Gasteiger partial charge is 0.337 e. The van der Waals surface area contributed by atoms with Gasteiger partial charge in [0, 0.05) is 132 Å². The average Bonchev–Trinajstić information content (AvgIpc) is 1.63. The zero-order valence-electron chi connectivity index (χ0n) is 73.2. The molecule has 5 saturated heterocycles. The van der Waals surface area contributed by atoms with Crippen molar-refractivity contribution in [3.05, 3.63) is 197 Å². The van der Waals surface area contributed by atoms with Crippen LogP contribution in [0.1, 0.15) is 114 Å². The van der Waals surface area contributed by atoms with Gasteiger partial charge in [0.05, 0.1) is 73.4 Å². The van der Waals surface area contributed by atoms with Gasteiger partial charge in [0.15, 0.2) is 63.9 Å². The maximum atomic E-state index is 12.6. The number of rotatable bonds is 24. The van der Waals surface area contributed by atoms with Crippen LogP contribution >= 0.6 is 12.4 Å². The first kappa shape index (κ1) is 81.5. The fourth-order valence-corrected chi connectivity index (χ4v) is 13.7. The first-order valence-electron chi connectivity index (χ1n) is 43.1. The van der Waals surface area contributed by atoms with E-state index in [4.69, 9.17) is 85.9 Å². The van der Waals surface area contributed by atoms with Crippen LogP contribution in [0.3, 0.4) is 0 Å². The van der Waals surface area contributed by atoms with Crippen molar-refractivity contribution in [2.24, 2.45) is 5.84 Å². The van der Waals surface area contributed by atoms with Crippen LogP contribution < -0.4 is 30.9 Å².